The number of benzene rings is 1. The van der Waals surface area contributed by atoms with Crippen molar-refractivity contribution in [3.05, 3.63) is 53.0 Å². The fourth-order valence-corrected chi connectivity index (χ4v) is 5.50. The van der Waals surface area contributed by atoms with Crippen molar-refractivity contribution in [3.63, 3.8) is 0 Å². The Morgan fingerprint density at radius 2 is 1.65 bits per heavy atom. The highest BCUT2D eigenvalue weighted by molar-refractivity contribution is 7.89. The van der Waals surface area contributed by atoms with Gasteiger partial charge < -0.3 is 10.2 Å². The topological polar surface area (TPSA) is 107 Å². The van der Waals surface area contributed by atoms with Crippen molar-refractivity contribution in [1.82, 2.24) is 24.5 Å². The smallest absolute Gasteiger partial charge is 0.246 e. The molecule has 1 aliphatic heterocycles. The molecule has 3 heterocycles. The Labute approximate surface area is 182 Å². The van der Waals surface area contributed by atoms with E-state index in [2.05, 4.69) is 30.4 Å². The number of aromatic amines is 1. The minimum absolute atomic E-state index is 0.281. The molecular formula is C21H27N7O2S. The van der Waals surface area contributed by atoms with Crippen molar-refractivity contribution < 1.29 is 8.42 Å². The molecule has 1 aromatic carbocycles. The first-order chi connectivity index (χ1) is 14.7. The minimum Gasteiger partial charge on any atom is -0.354 e. The van der Waals surface area contributed by atoms with Crippen LogP contribution in [0.1, 0.15) is 22.6 Å². The van der Waals surface area contributed by atoms with Crippen LogP contribution in [0.3, 0.4) is 0 Å². The van der Waals surface area contributed by atoms with Crippen LogP contribution in [-0.2, 0) is 10.0 Å². The molecule has 0 unspecified atom stereocenters. The van der Waals surface area contributed by atoms with E-state index in [0.717, 1.165) is 17.2 Å². The van der Waals surface area contributed by atoms with Crippen molar-refractivity contribution in [2.45, 2.75) is 32.6 Å². The fourth-order valence-electron chi connectivity index (χ4n) is 3.74. The van der Waals surface area contributed by atoms with E-state index in [1.165, 1.54) is 9.87 Å². The summed E-state index contributed by atoms with van der Waals surface area (Å²) in [4.78, 5) is 11.5. The first-order valence-corrected chi connectivity index (χ1v) is 11.6. The molecule has 0 amide bonds. The van der Waals surface area contributed by atoms with Gasteiger partial charge in [-0.05, 0) is 39.8 Å². The van der Waals surface area contributed by atoms with E-state index < -0.39 is 10.0 Å². The lowest BCUT2D eigenvalue weighted by Gasteiger charge is -2.34. The average molecular weight is 442 g/mol. The Hall–Kier alpha value is -2.98. The summed E-state index contributed by atoms with van der Waals surface area (Å²) >= 11 is 0. The third kappa shape index (κ3) is 4.40. The normalized spacial score (nSPS) is 15.3. The molecule has 0 bridgehead atoms. The molecule has 3 aromatic rings. The molecule has 0 saturated carbocycles. The van der Waals surface area contributed by atoms with E-state index in [1.54, 1.807) is 13.8 Å². The quantitative estimate of drug-likeness (QED) is 0.627. The molecule has 4 rings (SSSR count). The molecular weight excluding hydrogens is 414 g/mol. The number of piperazine rings is 1. The fraction of sp³-hybridized carbons (Fsp3) is 0.381. The van der Waals surface area contributed by atoms with Crippen LogP contribution in [0.15, 0.2) is 35.2 Å². The Kier molecular flexibility index (Phi) is 5.67. The van der Waals surface area contributed by atoms with Gasteiger partial charge in [-0.3, -0.25) is 5.10 Å². The second-order valence-electron chi connectivity index (χ2n) is 7.84. The van der Waals surface area contributed by atoms with Gasteiger partial charge in [-0.25, -0.2) is 13.4 Å². The lowest BCUT2D eigenvalue weighted by molar-refractivity contribution is 0.383. The molecule has 31 heavy (non-hydrogen) atoms. The number of aromatic nitrogens is 4. The van der Waals surface area contributed by atoms with E-state index >= 15 is 0 Å². The summed E-state index contributed by atoms with van der Waals surface area (Å²) < 4.78 is 27.7. The summed E-state index contributed by atoms with van der Waals surface area (Å²) in [6, 6.07) is 9.97. The summed E-state index contributed by atoms with van der Waals surface area (Å²) in [5, 5.41) is 10.0. The molecule has 1 fully saturated rings. The van der Waals surface area contributed by atoms with Gasteiger partial charge in [-0.15, -0.1) is 0 Å². The predicted octanol–water partition coefficient (Wildman–Crippen LogP) is 2.69. The second kappa shape index (κ2) is 8.27. The summed E-state index contributed by atoms with van der Waals surface area (Å²) in [5.74, 6) is 1.31. The van der Waals surface area contributed by atoms with Gasteiger partial charge in [0, 0.05) is 43.6 Å². The number of sulfonamides is 1. The van der Waals surface area contributed by atoms with Crippen LogP contribution in [-0.4, -0.2) is 59.1 Å². The van der Waals surface area contributed by atoms with Gasteiger partial charge in [0.2, 0.25) is 16.0 Å². The van der Waals surface area contributed by atoms with Crippen LogP contribution in [0.4, 0.5) is 17.5 Å². The van der Waals surface area contributed by atoms with Crippen molar-refractivity contribution in [3.8, 4) is 0 Å². The largest absolute Gasteiger partial charge is 0.354 e. The van der Waals surface area contributed by atoms with Crippen LogP contribution < -0.4 is 10.2 Å². The van der Waals surface area contributed by atoms with Crippen molar-refractivity contribution in [2.24, 2.45) is 0 Å². The zero-order chi connectivity index (χ0) is 22.2. The van der Waals surface area contributed by atoms with Crippen LogP contribution in [0.5, 0.6) is 0 Å². The van der Waals surface area contributed by atoms with E-state index in [1.807, 2.05) is 44.2 Å². The standard InChI is InChI=1S/C21H27N7O2S/c1-14-5-7-18(8-6-14)23-21-22-15(2)13-19(24-21)27-9-11-28(12-10-27)31(29,30)20-16(3)25-26-17(20)4/h5-8,13H,9-12H2,1-4H3,(H,25,26)(H,22,23,24). The number of anilines is 3. The second-order valence-corrected chi connectivity index (χ2v) is 9.71. The Morgan fingerprint density at radius 1 is 0.968 bits per heavy atom. The number of nitrogens with one attached hydrogen (secondary N) is 2. The maximum Gasteiger partial charge on any atom is 0.246 e. The number of aryl methyl sites for hydroxylation is 4. The van der Waals surface area contributed by atoms with Crippen LogP contribution in [0.25, 0.3) is 0 Å². The van der Waals surface area contributed by atoms with Gasteiger partial charge in [0.25, 0.3) is 0 Å². The summed E-state index contributed by atoms with van der Waals surface area (Å²) in [6.45, 7) is 9.28. The third-order valence-electron chi connectivity index (χ3n) is 5.37. The molecule has 0 atom stereocenters. The summed E-state index contributed by atoms with van der Waals surface area (Å²) in [7, 11) is -3.58. The van der Waals surface area contributed by atoms with Crippen LogP contribution in [0.2, 0.25) is 0 Å². The highest BCUT2D eigenvalue weighted by Gasteiger charge is 2.32. The van der Waals surface area contributed by atoms with Gasteiger partial charge >= 0.3 is 0 Å². The van der Waals surface area contributed by atoms with E-state index in [4.69, 9.17) is 0 Å². The lowest BCUT2D eigenvalue weighted by Crippen LogP contribution is -2.49. The zero-order valence-corrected chi connectivity index (χ0v) is 19.0. The number of hydrogen-bond donors (Lipinski definition) is 2. The molecule has 164 valence electrons. The van der Waals surface area contributed by atoms with Crippen LogP contribution >= 0.6 is 0 Å². The molecule has 2 N–H and O–H groups in total. The summed E-state index contributed by atoms with van der Waals surface area (Å²) in [5.41, 5.74) is 4.02. The highest BCUT2D eigenvalue weighted by Crippen LogP contribution is 2.25. The first kappa shape index (κ1) is 21.3. The van der Waals surface area contributed by atoms with E-state index in [9.17, 15) is 8.42 Å². The number of hydrogen-bond acceptors (Lipinski definition) is 7. The van der Waals surface area contributed by atoms with Gasteiger partial charge in [-0.1, -0.05) is 17.7 Å². The maximum absolute atomic E-state index is 13.1. The zero-order valence-electron chi connectivity index (χ0n) is 18.2. The SMILES string of the molecule is Cc1ccc(Nc2nc(C)cc(N3CCN(S(=O)(=O)c4c(C)n[nH]c4C)CC3)n2)cc1. The van der Waals surface area contributed by atoms with Crippen molar-refractivity contribution in [2.75, 3.05) is 36.4 Å². The molecule has 10 heteroatoms. The Balaban J connectivity index is 1.48. The number of H-pyrrole nitrogens is 1. The molecule has 0 radical (unpaired) electrons. The number of nitrogens with zero attached hydrogens (tertiary/aromatic N) is 5. The molecule has 2 aromatic heterocycles. The monoisotopic (exact) mass is 441 g/mol. The first-order valence-electron chi connectivity index (χ1n) is 10.2. The van der Waals surface area contributed by atoms with Gasteiger partial charge in [0.1, 0.15) is 10.7 Å². The van der Waals surface area contributed by atoms with Gasteiger partial charge in [-0.2, -0.15) is 14.4 Å². The average Bonchev–Trinajstić information content (AvgIpc) is 3.08. The third-order valence-corrected chi connectivity index (χ3v) is 7.53. The van der Waals surface area contributed by atoms with Crippen molar-refractivity contribution in [1.29, 1.82) is 0 Å². The Morgan fingerprint density at radius 3 is 2.26 bits per heavy atom. The molecule has 1 saturated heterocycles. The molecule has 0 spiro atoms. The highest BCUT2D eigenvalue weighted by atomic mass is 32.2. The number of rotatable bonds is 5. The van der Waals surface area contributed by atoms with Gasteiger partial charge in [0.05, 0.1) is 11.4 Å². The molecule has 9 nitrogen and oxygen atoms in total. The van der Waals surface area contributed by atoms with Crippen LogP contribution in [0, 0.1) is 27.7 Å². The molecule has 1 aliphatic rings. The minimum atomic E-state index is -3.58. The Bertz CT molecular complexity index is 1160. The lowest BCUT2D eigenvalue weighted by atomic mass is 10.2. The van der Waals surface area contributed by atoms with Crippen molar-refractivity contribution >= 4 is 27.5 Å². The van der Waals surface area contributed by atoms with Gasteiger partial charge in [0.15, 0.2) is 0 Å². The van der Waals surface area contributed by atoms with E-state index in [-0.39, 0.29) is 4.90 Å². The van der Waals surface area contributed by atoms with E-state index in [0.29, 0.717) is 43.5 Å². The predicted molar refractivity (Wildman–Crippen MR) is 120 cm³/mol. The summed E-state index contributed by atoms with van der Waals surface area (Å²) in [6.07, 6.45) is 0. The molecule has 0 aliphatic carbocycles. The maximum atomic E-state index is 13.1.